The fourth-order valence-corrected chi connectivity index (χ4v) is 3.47. The summed E-state index contributed by atoms with van der Waals surface area (Å²) in [6.07, 6.45) is 4.22. The highest BCUT2D eigenvalue weighted by Gasteiger charge is 2.31. The van der Waals surface area contributed by atoms with Crippen LogP contribution in [-0.2, 0) is 9.59 Å². The molecule has 5 nitrogen and oxygen atoms in total. The van der Waals surface area contributed by atoms with E-state index in [9.17, 15) is 9.59 Å². The first kappa shape index (κ1) is 19.4. The van der Waals surface area contributed by atoms with Crippen LogP contribution in [0.2, 0.25) is 0 Å². The molecule has 5 heteroatoms. The quantitative estimate of drug-likeness (QED) is 0.710. The van der Waals surface area contributed by atoms with Gasteiger partial charge >= 0.3 is 0 Å². The van der Waals surface area contributed by atoms with Crippen LogP contribution in [0.3, 0.4) is 0 Å². The smallest absolute Gasteiger partial charge is 0.242 e. The number of rotatable bonds is 7. The third-order valence-corrected chi connectivity index (χ3v) is 5.04. The molecular weight excluding hydrogens is 314 g/mol. The van der Waals surface area contributed by atoms with Crippen molar-refractivity contribution in [1.82, 2.24) is 10.6 Å². The molecule has 1 saturated carbocycles. The average molecular weight is 345 g/mol. The molecule has 1 aromatic carbocycles. The predicted molar refractivity (Wildman–Crippen MR) is 100 cm³/mol. The molecule has 2 unspecified atom stereocenters. The van der Waals surface area contributed by atoms with Gasteiger partial charge in [0, 0.05) is 19.5 Å². The second kappa shape index (κ2) is 8.99. The summed E-state index contributed by atoms with van der Waals surface area (Å²) in [5.41, 5.74) is 8.49. The van der Waals surface area contributed by atoms with E-state index in [2.05, 4.69) is 36.6 Å². The first-order valence-corrected chi connectivity index (χ1v) is 9.28. The van der Waals surface area contributed by atoms with Gasteiger partial charge in [-0.2, -0.15) is 0 Å². The summed E-state index contributed by atoms with van der Waals surface area (Å²) in [5.74, 6) is 0.414. The Bertz CT molecular complexity index is 577. The largest absolute Gasteiger partial charge is 0.352 e. The summed E-state index contributed by atoms with van der Waals surface area (Å²) in [4.78, 5) is 24.0. The van der Waals surface area contributed by atoms with Crippen LogP contribution >= 0.6 is 0 Å². The van der Waals surface area contributed by atoms with E-state index in [1.807, 2.05) is 12.1 Å². The average Bonchev–Trinajstić information content (AvgIpc) is 3.11. The SMILES string of the molecule is CC(=O)NC(C(=O)NCC(N)c1ccc(C(C)C)cc1)C1CCCC1. The first-order chi connectivity index (χ1) is 11.9. The fourth-order valence-electron chi connectivity index (χ4n) is 3.47. The molecule has 0 aromatic heterocycles. The van der Waals surface area contributed by atoms with Crippen LogP contribution in [0.15, 0.2) is 24.3 Å². The lowest BCUT2D eigenvalue weighted by molar-refractivity contribution is -0.129. The van der Waals surface area contributed by atoms with Gasteiger partial charge in [0.15, 0.2) is 0 Å². The maximum absolute atomic E-state index is 12.6. The van der Waals surface area contributed by atoms with Crippen molar-refractivity contribution in [3.8, 4) is 0 Å². The van der Waals surface area contributed by atoms with Crippen molar-refractivity contribution in [2.45, 2.75) is 64.5 Å². The molecule has 2 amide bonds. The summed E-state index contributed by atoms with van der Waals surface area (Å²) in [6, 6.07) is 7.51. The first-order valence-electron chi connectivity index (χ1n) is 9.28. The molecule has 4 N–H and O–H groups in total. The summed E-state index contributed by atoms with van der Waals surface area (Å²) in [6.45, 7) is 6.13. The van der Waals surface area contributed by atoms with Crippen LogP contribution in [0.5, 0.6) is 0 Å². The molecule has 1 aromatic rings. The number of hydrogen-bond donors (Lipinski definition) is 3. The van der Waals surface area contributed by atoms with Gasteiger partial charge in [-0.3, -0.25) is 9.59 Å². The molecule has 2 atom stereocenters. The second-order valence-electron chi connectivity index (χ2n) is 7.40. The lowest BCUT2D eigenvalue weighted by Gasteiger charge is -2.24. The Hall–Kier alpha value is -1.88. The Morgan fingerprint density at radius 3 is 2.20 bits per heavy atom. The van der Waals surface area contributed by atoms with E-state index in [0.717, 1.165) is 31.2 Å². The standard InChI is InChI=1S/C20H31N3O2/c1-13(2)15-8-10-16(11-9-15)18(21)12-22-20(25)19(23-14(3)24)17-6-4-5-7-17/h8-11,13,17-19H,4-7,12,21H2,1-3H3,(H,22,25)(H,23,24). The lowest BCUT2D eigenvalue weighted by atomic mass is 9.96. The van der Waals surface area contributed by atoms with Gasteiger partial charge in [-0.25, -0.2) is 0 Å². The third-order valence-electron chi connectivity index (χ3n) is 5.04. The maximum atomic E-state index is 12.6. The van der Waals surface area contributed by atoms with Gasteiger partial charge in [0.2, 0.25) is 11.8 Å². The number of nitrogens with two attached hydrogens (primary N) is 1. The summed E-state index contributed by atoms with van der Waals surface area (Å²) in [5, 5.41) is 5.74. The second-order valence-corrected chi connectivity index (χ2v) is 7.40. The van der Waals surface area contributed by atoms with E-state index < -0.39 is 6.04 Å². The lowest BCUT2D eigenvalue weighted by Crippen LogP contribution is -2.50. The zero-order chi connectivity index (χ0) is 18.4. The number of nitrogens with one attached hydrogen (secondary N) is 2. The number of carbonyl (C=O) groups excluding carboxylic acids is 2. The van der Waals surface area contributed by atoms with E-state index in [4.69, 9.17) is 5.73 Å². The zero-order valence-corrected chi connectivity index (χ0v) is 15.5. The number of hydrogen-bond acceptors (Lipinski definition) is 3. The van der Waals surface area contributed by atoms with E-state index in [1.165, 1.54) is 12.5 Å². The van der Waals surface area contributed by atoms with Crippen molar-refractivity contribution < 1.29 is 9.59 Å². The van der Waals surface area contributed by atoms with Gasteiger partial charge in [-0.15, -0.1) is 0 Å². The van der Waals surface area contributed by atoms with Crippen molar-refractivity contribution >= 4 is 11.8 Å². The highest BCUT2D eigenvalue weighted by molar-refractivity contribution is 5.87. The van der Waals surface area contributed by atoms with Crippen molar-refractivity contribution in [2.24, 2.45) is 11.7 Å². The molecule has 0 spiro atoms. The number of carbonyl (C=O) groups is 2. The topological polar surface area (TPSA) is 84.2 Å². The molecular formula is C20H31N3O2. The van der Waals surface area contributed by atoms with Crippen molar-refractivity contribution in [3.05, 3.63) is 35.4 Å². The summed E-state index contributed by atoms with van der Waals surface area (Å²) >= 11 is 0. The number of benzene rings is 1. The van der Waals surface area contributed by atoms with Crippen molar-refractivity contribution in [3.63, 3.8) is 0 Å². The van der Waals surface area contributed by atoms with Crippen LogP contribution < -0.4 is 16.4 Å². The highest BCUT2D eigenvalue weighted by atomic mass is 16.2. The van der Waals surface area contributed by atoms with E-state index in [1.54, 1.807) is 0 Å². The predicted octanol–water partition coefficient (Wildman–Crippen LogP) is 2.62. The molecule has 0 radical (unpaired) electrons. The van der Waals surface area contributed by atoms with Gasteiger partial charge in [0.05, 0.1) is 0 Å². The molecule has 0 saturated heterocycles. The summed E-state index contributed by atoms with van der Waals surface area (Å²) in [7, 11) is 0. The molecule has 138 valence electrons. The van der Waals surface area contributed by atoms with Gasteiger partial charge in [0.1, 0.15) is 6.04 Å². The van der Waals surface area contributed by atoms with Gasteiger partial charge in [0.25, 0.3) is 0 Å². The van der Waals surface area contributed by atoms with Gasteiger partial charge in [-0.1, -0.05) is 51.0 Å². The monoisotopic (exact) mass is 345 g/mol. The maximum Gasteiger partial charge on any atom is 0.242 e. The molecule has 1 aliphatic carbocycles. The molecule has 2 rings (SSSR count). The molecule has 25 heavy (non-hydrogen) atoms. The molecule has 0 bridgehead atoms. The van der Waals surface area contributed by atoms with Crippen molar-refractivity contribution in [2.75, 3.05) is 6.54 Å². The van der Waals surface area contributed by atoms with Gasteiger partial charge < -0.3 is 16.4 Å². The van der Waals surface area contributed by atoms with Crippen LogP contribution in [0.1, 0.15) is 69.5 Å². The molecule has 0 heterocycles. The van der Waals surface area contributed by atoms with E-state index in [-0.39, 0.29) is 23.8 Å². The Labute approximate surface area is 150 Å². The Balaban J connectivity index is 1.92. The fraction of sp³-hybridized carbons (Fsp3) is 0.600. The zero-order valence-electron chi connectivity index (χ0n) is 15.5. The van der Waals surface area contributed by atoms with Crippen LogP contribution in [0, 0.1) is 5.92 Å². The minimum absolute atomic E-state index is 0.128. The molecule has 1 fully saturated rings. The Kier molecular flexibility index (Phi) is 7.00. The number of amides is 2. The molecule has 0 aliphatic heterocycles. The van der Waals surface area contributed by atoms with E-state index >= 15 is 0 Å². The Morgan fingerprint density at radius 1 is 1.12 bits per heavy atom. The van der Waals surface area contributed by atoms with Gasteiger partial charge in [-0.05, 0) is 35.8 Å². The molecule has 1 aliphatic rings. The highest BCUT2D eigenvalue weighted by Crippen LogP contribution is 2.28. The minimum atomic E-state index is -0.449. The minimum Gasteiger partial charge on any atom is -0.352 e. The van der Waals surface area contributed by atoms with Crippen LogP contribution in [-0.4, -0.2) is 24.4 Å². The Morgan fingerprint density at radius 2 is 1.68 bits per heavy atom. The van der Waals surface area contributed by atoms with E-state index in [0.29, 0.717) is 12.5 Å². The van der Waals surface area contributed by atoms with Crippen LogP contribution in [0.25, 0.3) is 0 Å². The summed E-state index contributed by atoms with van der Waals surface area (Å²) < 4.78 is 0. The van der Waals surface area contributed by atoms with Crippen molar-refractivity contribution in [1.29, 1.82) is 0 Å². The third kappa shape index (κ3) is 5.56. The van der Waals surface area contributed by atoms with Crippen LogP contribution in [0.4, 0.5) is 0 Å². The normalized spacial score (nSPS) is 17.3.